The molecule has 0 bridgehead atoms. The number of aliphatic hydroxyl groups excluding tert-OH is 1. The van der Waals surface area contributed by atoms with Crippen LogP contribution in [-0.4, -0.2) is 5.11 Å². The van der Waals surface area contributed by atoms with Gasteiger partial charge in [0.2, 0.25) is 0 Å². The summed E-state index contributed by atoms with van der Waals surface area (Å²) in [6.45, 7) is 2.09. The van der Waals surface area contributed by atoms with E-state index in [1.54, 1.807) is 0 Å². The Bertz CT molecular complexity index is 460. The summed E-state index contributed by atoms with van der Waals surface area (Å²) < 4.78 is 0. The SMILES string of the molecule is CCCC(O)c1cccc(C#CCCC2CCCC2)c1. The van der Waals surface area contributed by atoms with Crippen LogP contribution < -0.4 is 0 Å². The molecule has 108 valence electrons. The maximum absolute atomic E-state index is 10.0. The Balaban J connectivity index is 1.87. The van der Waals surface area contributed by atoms with Crippen molar-refractivity contribution in [2.45, 2.75) is 64.4 Å². The lowest BCUT2D eigenvalue weighted by Crippen LogP contribution is -1.96. The standard InChI is InChI=1S/C19H26O/c1-2-8-19(20)18-14-7-13-17(15-18)12-6-5-11-16-9-3-4-10-16/h7,13-16,19-20H,2-5,8-11H2,1H3. The van der Waals surface area contributed by atoms with Gasteiger partial charge in [0.05, 0.1) is 6.10 Å². The quantitative estimate of drug-likeness (QED) is 0.759. The minimum Gasteiger partial charge on any atom is -0.388 e. The van der Waals surface area contributed by atoms with Crippen molar-refractivity contribution >= 4 is 0 Å². The van der Waals surface area contributed by atoms with Crippen LogP contribution in [0.5, 0.6) is 0 Å². The van der Waals surface area contributed by atoms with E-state index in [1.807, 2.05) is 24.3 Å². The highest BCUT2D eigenvalue weighted by atomic mass is 16.3. The van der Waals surface area contributed by atoms with E-state index in [1.165, 1.54) is 32.1 Å². The Kier molecular flexibility index (Phi) is 6.15. The lowest BCUT2D eigenvalue weighted by molar-refractivity contribution is 0.166. The summed E-state index contributed by atoms with van der Waals surface area (Å²) in [6.07, 6.45) is 9.36. The van der Waals surface area contributed by atoms with E-state index in [-0.39, 0.29) is 6.10 Å². The molecule has 0 amide bonds. The molecule has 20 heavy (non-hydrogen) atoms. The number of rotatable bonds is 5. The molecule has 1 nitrogen and oxygen atoms in total. The number of aliphatic hydroxyl groups is 1. The van der Waals surface area contributed by atoms with Crippen molar-refractivity contribution in [3.05, 3.63) is 35.4 Å². The maximum atomic E-state index is 10.0. The van der Waals surface area contributed by atoms with Crippen LogP contribution in [0.3, 0.4) is 0 Å². The van der Waals surface area contributed by atoms with Crippen LogP contribution in [0.2, 0.25) is 0 Å². The Hall–Kier alpha value is -1.26. The van der Waals surface area contributed by atoms with Gasteiger partial charge in [-0.25, -0.2) is 0 Å². The van der Waals surface area contributed by atoms with E-state index in [4.69, 9.17) is 0 Å². The fraction of sp³-hybridized carbons (Fsp3) is 0.579. The monoisotopic (exact) mass is 270 g/mol. The molecule has 1 N–H and O–H groups in total. The van der Waals surface area contributed by atoms with Crippen molar-refractivity contribution < 1.29 is 5.11 Å². The molecule has 1 saturated carbocycles. The second kappa shape index (κ2) is 8.12. The second-order valence-corrected chi connectivity index (χ2v) is 5.92. The Labute approximate surface area is 123 Å². The van der Waals surface area contributed by atoms with E-state index >= 15 is 0 Å². The summed E-state index contributed by atoms with van der Waals surface area (Å²) in [5.74, 6) is 7.46. The number of benzene rings is 1. The molecule has 1 unspecified atom stereocenters. The van der Waals surface area contributed by atoms with Gasteiger partial charge >= 0.3 is 0 Å². The normalized spacial score (nSPS) is 16.7. The van der Waals surface area contributed by atoms with Crippen molar-refractivity contribution in [1.82, 2.24) is 0 Å². The molecule has 1 aromatic carbocycles. The highest BCUT2D eigenvalue weighted by molar-refractivity contribution is 5.37. The predicted molar refractivity (Wildman–Crippen MR) is 84.4 cm³/mol. The molecular weight excluding hydrogens is 244 g/mol. The summed E-state index contributed by atoms with van der Waals surface area (Å²) in [6, 6.07) is 8.05. The van der Waals surface area contributed by atoms with E-state index in [9.17, 15) is 5.11 Å². The van der Waals surface area contributed by atoms with Crippen LogP contribution in [0.1, 0.15) is 75.5 Å². The minimum absolute atomic E-state index is 0.347. The van der Waals surface area contributed by atoms with E-state index in [0.717, 1.165) is 36.3 Å². The maximum Gasteiger partial charge on any atom is 0.0790 e. The fourth-order valence-electron chi connectivity index (χ4n) is 3.00. The third kappa shape index (κ3) is 4.69. The van der Waals surface area contributed by atoms with Crippen LogP contribution in [0.4, 0.5) is 0 Å². The Morgan fingerprint density at radius 1 is 1.30 bits per heavy atom. The van der Waals surface area contributed by atoms with Crippen LogP contribution in [0.25, 0.3) is 0 Å². The van der Waals surface area contributed by atoms with Gasteiger partial charge in [0, 0.05) is 12.0 Å². The smallest absolute Gasteiger partial charge is 0.0790 e. The van der Waals surface area contributed by atoms with Crippen molar-refractivity contribution in [3.63, 3.8) is 0 Å². The summed E-state index contributed by atoms with van der Waals surface area (Å²) in [5.41, 5.74) is 2.03. The zero-order valence-corrected chi connectivity index (χ0v) is 12.6. The van der Waals surface area contributed by atoms with Crippen LogP contribution >= 0.6 is 0 Å². The van der Waals surface area contributed by atoms with Gasteiger partial charge in [0.1, 0.15) is 0 Å². The molecule has 0 aromatic heterocycles. The second-order valence-electron chi connectivity index (χ2n) is 5.92. The number of hydrogen-bond acceptors (Lipinski definition) is 1. The topological polar surface area (TPSA) is 20.2 Å². The molecule has 1 aliphatic carbocycles. The van der Waals surface area contributed by atoms with Crippen LogP contribution in [0, 0.1) is 17.8 Å². The molecule has 0 heterocycles. The molecule has 0 aliphatic heterocycles. The molecule has 1 atom stereocenters. The average molecular weight is 270 g/mol. The first kappa shape index (κ1) is 15.1. The molecule has 1 heteroatoms. The Morgan fingerprint density at radius 3 is 2.85 bits per heavy atom. The lowest BCUT2D eigenvalue weighted by atomic mass is 10.0. The van der Waals surface area contributed by atoms with Gasteiger partial charge in [-0.3, -0.25) is 0 Å². The zero-order chi connectivity index (χ0) is 14.2. The van der Waals surface area contributed by atoms with Gasteiger partial charge in [-0.15, -0.1) is 0 Å². The first-order valence-electron chi connectivity index (χ1n) is 8.06. The molecular formula is C19H26O. The first-order valence-corrected chi connectivity index (χ1v) is 8.06. The van der Waals surface area contributed by atoms with Gasteiger partial charge in [-0.2, -0.15) is 0 Å². The highest BCUT2D eigenvalue weighted by Gasteiger charge is 2.13. The molecule has 1 aromatic rings. The molecule has 0 saturated heterocycles. The summed E-state index contributed by atoms with van der Waals surface area (Å²) in [4.78, 5) is 0. The lowest BCUT2D eigenvalue weighted by Gasteiger charge is -2.09. The molecule has 2 rings (SSSR count). The van der Waals surface area contributed by atoms with Gasteiger partial charge < -0.3 is 5.11 Å². The van der Waals surface area contributed by atoms with Gasteiger partial charge in [0.15, 0.2) is 0 Å². The van der Waals surface area contributed by atoms with Crippen molar-refractivity contribution in [2.75, 3.05) is 0 Å². The molecule has 1 fully saturated rings. The van der Waals surface area contributed by atoms with E-state index < -0.39 is 0 Å². The number of hydrogen-bond donors (Lipinski definition) is 1. The van der Waals surface area contributed by atoms with Crippen molar-refractivity contribution in [1.29, 1.82) is 0 Å². The fourth-order valence-corrected chi connectivity index (χ4v) is 3.00. The van der Waals surface area contributed by atoms with Crippen molar-refractivity contribution in [2.24, 2.45) is 5.92 Å². The summed E-state index contributed by atoms with van der Waals surface area (Å²) in [7, 11) is 0. The van der Waals surface area contributed by atoms with Gasteiger partial charge in [0.25, 0.3) is 0 Å². The summed E-state index contributed by atoms with van der Waals surface area (Å²) >= 11 is 0. The van der Waals surface area contributed by atoms with Gasteiger partial charge in [-0.1, -0.05) is 63.0 Å². The molecule has 0 spiro atoms. The third-order valence-corrected chi connectivity index (χ3v) is 4.22. The highest BCUT2D eigenvalue weighted by Crippen LogP contribution is 2.28. The largest absolute Gasteiger partial charge is 0.388 e. The van der Waals surface area contributed by atoms with Crippen LogP contribution in [0.15, 0.2) is 24.3 Å². The molecule has 0 radical (unpaired) electrons. The first-order chi connectivity index (χ1) is 9.79. The minimum atomic E-state index is -0.347. The van der Waals surface area contributed by atoms with E-state index in [2.05, 4.69) is 18.8 Å². The molecule has 1 aliphatic rings. The average Bonchev–Trinajstić information content (AvgIpc) is 2.97. The zero-order valence-electron chi connectivity index (χ0n) is 12.6. The van der Waals surface area contributed by atoms with E-state index in [0.29, 0.717) is 0 Å². The van der Waals surface area contributed by atoms with Crippen molar-refractivity contribution in [3.8, 4) is 11.8 Å². The van der Waals surface area contributed by atoms with Crippen LogP contribution in [-0.2, 0) is 0 Å². The summed E-state index contributed by atoms with van der Waals surface area (Å²) in [5, 5.41) is 10.0. The Morgan fingerprint density at radius 2 is 2.10 bits per heavy atom. The van der Waals surface area contributed by atoms with Gasteiger partial charge in [-0.05, 0) is 36.5 Å². The third-order valence-electron chi connectivity index (χ3n) is 4.22. The predicted octanol–water partition coefficient (Wildman–Crippen LogP) is 4.84.